The molecule has 3 rings (SSSR count). The number of fused-ring (bicyclic) bond motifs is 1. The van der Waals surface area contributed by atoms with Crippen LogP contribution in [0.15, 0.2) is 18.2 Å². The minimum atomic E-state index is -0.124. The lowest BCUT2D eigenvalue weighted by Gasteiger charge is -2.32. The van der Waals surface area contributed by atoms with Crippen LogP contribution in [-0.2, 0) is 6.42 Å². The van der Waals surface area contributed by atoms with Gasteiger partial charge in [0.25, 0.3) is 0 Å². The van der Waals surface area contributed by atoms with Crippen LogP contribution >= 0.6 is 11.3 Å². The molecule has 2 heterocycles. The molecule has 0 atom stereocenters. The highest BCUT2D eigenvalue weighted by Gasteiger charge is 2.18. The van der Waals surface area contributed by atoms with Crippen molar-refractivity contribution in [2.75, 3.05) is 19.6 Å². The molecule has 2 aromatic rings. The predicted molar refractivity (Wildman–Crippen MR) is 104 cm³/mol. The van der Waals surface area contributed by atoms with E-state index in [9.17, 15) is 4.39 Å². The van der Waals surface area contributed by atoms with Gasteiger partial charge in [-0.15, -0.1) is 11.3 Å². The Labute approximate surface area is 149 Å². The molecule has 1 aromatic carbocycles. The van der Waals surface area contributed by atoms with Crippen LogP contribution in [0.5, 0.6) is 0 Å². The molecule has 0 unspecified atom stereocenters. The van der Waals surface area contributed by atoms with E-state index in [2.05, 4.69) is 18.7 Å². The Morgan fingerprint density at radius 3 is 2.75 bits per heavy atom. The Morgan fingerprint density at radius 1 is 1.21 bits per heavy atom. The molecule has 1 aromatic heterocycles. The topological polar surface area (TPSA) is 3.24 Å². The Hall–Kier alpha value is -0.930. The number of rotatable bonds is 7. The normalized spacial score (nSPS) is 17.0. The van der Waals surface area contributed by atoms with Gasteiger partial charge in [-0.05, 0) is 87.3 Å². The van der Waals surface area contributed by atoms with E-state index in [1.165, 1.54) is 73.3 Å². The fourth-order valence-electron chi connectivity index (χ4n) is 3.94. The summed E-state index contributed by atoms with van der Waals surface area (Å²) in [6.07, 6.45) is 9.29. The zero-order valence-electron chi connectivity index (χ0n) is 15.1. The number of hydrogen-bond donors (Lipinski definition) is 0. The first-order chi connectivity index (χ1) is 11.7. The predicted octanol–water partition coefficient (Wildman–Crippen LogP) is 6.18. The summed E-state index contributed by atoms with van der Waals surface area (Å²) in [6, 6.07) is 5.18. The molecule has 0 radical (unpaired) electrons. The van der Waals surface area contributed by atoms with Gasteiger partial charge in [0, 0.05) is 9.58 Å². The number of unbranched alkanes of at least 4 members (excludes halogenated alkanes) is 1. The van der Waals surface area contributed by atoms with E-state index in [1.54, 1.807) is 12.1 Å². The van der Waals surface area contributed by atoms with Crippen molar-refractivity contribution in [1.82, 2.24) is 4.90 Å². The van der Waals surface area contributed by atoms with Crippen LogP contribution in [0.25, 0.3) is 10.1 Å². The van der Waals surface area contributed by atoms with Crippen molar-refractivity contribution in [3.8, 4) is 0 Å². The highest BCUT2D eigenvalue weighted by molar-refractivity contribution is 7.19. The quantitative estimate of drug-likeness (QED) is 0.578. The third-order valence-corrected chi connectivity index (χ3v) is 6.88. The zero-order chi connectivity index (χ0) is 16.9. The SMILES string of the molecule is CCCCC1CCN(CCCc2sc3ccc(F)cc3c2C)CC1. The van der Waals surface area contributed by atoms with Gasteiger partial charge in [0.15, 0.2) is 0 Å². The number of nitrogens with zero attached hydrogens (tertiary/aromatic N) is 1. The number of hydrogen-bond acceptors (Lipinski definition) is 2. The van der Waals surface area contributed by atoms with E-state index in [0.717, 1.165) is 17.7 Å². The summed E-state index contributed by atoms with van der Waals surface area (Å²) in [6.45, 7) is 8.21. The molecule has 0 saturated carbocycles. The lowest BCUT2D eigenvalue weighted by molar-refractivity contribution is 0.176. The molecule has 3 heteroatoms. The second kappa shape index (κ2) is 8.44. The van der Waals surface area contributed by atoms with Crippen LogP contribution in [0.4, 0.5) is 4.39 Å². The first-order valence-electron chi connectivity index (χ1n) is 9.57. The summed E-state index contributed by atoms with van der Waals surface area (Å²) in [7, 11) is 0. The largest absolute Gasteiger partial charge is 0.303 e. The molecular formula is C21H30FNS. The molecule has 132 valence electrons. The van der Waals surface area contributed by atoms with Gasteiger partial charge in [0.2, 0.25) is 0 Å². The van der Waals surface area contributed by atoms with Crippen LogP contribution < -0.4 is 0 Å². The van der Waals surface area contributed by atoms with Crippen molar-refractivity contribution < 1.29 is 4.39 Å². The Bertz CT molecular complexity index is 655. The highest BCUT2D eigenvalue weighted by Crippen LogP contribution is 2.32. The first-order valence-corrected chi connectivity index (χ1v) is 10.4. The monoisotopic (exact) mass is 347 g/mol. The van der Waals surface area contributed by atoms with Gasteiger partial charge in [-0.2, -0.15) is 0 Å². The second-order valence-electron chi connectivity index (χ2n) is 7.32. The van der Waals surface area contributed by atoms with Crippen LogP contribution in [0.2, 0.25) is 0 Å². The van der Waals surface area contributed by atoms with Crippen LogP contribution in [0.3, 0.4) is 0 Å². The van der Waals surface area contributed by atoms with Gasteiger partial charge in [0.05, 0.1) is 0 Å². The number of benzene rings is 1. The molecule has 0 spiro atoms. The summed E-state index contributed by atoms with van der Waals surface area (Å²) in [5.74, 6) is 0.849. The van der Waals surface area contributed by atoms with Gasteiger partial charge in [-0.3, -0.25) is 0 Å². The van der Waals surface area contributed by atoms with Gasteiger partial charge < -0.3 is 4.90 Å². The summed E-state index contributed by atoms with van der Waals surface area (Å²) in [4.78, 5) is 4.08. The first kappa shape index (κ1) is 17.9. The minimum absolute atomic E-state index is 0.124. The lowest BCUT2D eigenvalue weighted by atomic mass is 9.91. The fraction of sp³-hybridized carbons (Fsp3) is 0.619. The molecule has 1 fully saturated rings. The average Bonchev–Trinajstić information content (AvgIpc) is 2.90. The zero-order valence-corrected chi connectivity index (χ0v) is 15.9. The van der Waals surface area contributed by atoms with Gasteiger partial charge >= 0.3 is 0 Å². The third-order valence-electron chi connectivity index (χ3n) is 5.55. The van der Waals surface area contributed by atoms with E-state index in [1.807, 2.05) is 17.4 Å². The van der Waals surface area contributed by atoms with Crippen LogP contribution in [0.1, 0.15) is 55.9 Å². The molecule has 0 amide bonds. The molecule has 1 nitrogen and oxygen atoms in total. The summed E-state index contributed by atoms with van der Waals surface area (Å²) < 4.78 is 14.7. The number of aryl methyl sites for hydroxylation is 2. The smallest absolute Gasteiger partial charge is 0.123 e. The van der Waals surface area contributed by atoms with Gasteiger partial charge in [-0.25, -0.2) is 4.39 Å². The van der Waals surface area contributed by atoms with Crippen molar-refractivity contribution >= 4 is 21.4 Å². The maximum Gasteiger partial charge on any atom is 0.123 e. The average molecular weight is 348 g/mol. The minimum Gasteiger partial charge on any atom is -0.303 e. The van der Waals surface area contributed by atoms with Crippen LogP contribution in [0, 0.1) is 18.7 Å². The number of halogens is 1. The third kappa shape index (κ3) is 4.37. The van der Waals surface area contributed by atoms with Crippen LogP contribution in [-0.4, -0.2) is 24.5 Å². The van der Waals surface area contributed by atoms with Gasteiger partial charge in [-0.1, -0.05) is 26.2 Å². The van der Waals surface area contributed by atoms with E-state index < -0.39 is 0 Å². The number of piperidine rings is 1. The molecule has 0 N–H and O–H groups in total. The van der Waals surface area contributed by atoms with Crippen molar-refractivity contribution in [2.45, 2.75) is 58.8 Å². The van der Waals surface area contributed by atoms with Crippen molar-refractivity contribution in [3.63, 3.8) is 0 Å². The van der Waals surface area contributed by atoms with E-state index >= 15 is 0 Å². The van der Waals surface area contributed by atoms with Crippen molar-refractivity contribution in [2.24, 2.45) is 5.92 Å². The van der Waals surface area contributed by atoms with E-state index in [4.69, 9.17) is 0 Å². The maximum absolute atomic E-state index is 13.4. The van der Waals surface area contributed by atoms with Gasteiger partial charge in [0.1, 0.15) is 5.82 Å². The second-order valence-corrected chi connectivity index (χ2v) is 8.46. The molecule has 0 aliphatic carbocycles. The fourth-order valence-corrected chi connectivity index (χ4v) is 5.17. The standard InChI is InChI=1S/C21H30FNS/c1-3-4-6-17-10-13-23(14-11-17)12-5-7-20-16(2)19-15-18(22)8-9-21(19)24-20/h8-9,15,17H,3-7,10-14H2,1-2H3. The van der Waals surface area contributed by atoms with Crippen molar-refractivity contribution in [3.05, 3.63) is 34.5 Å². The van der Waals surface area contributed by atoms with Crippen molar-refractivity contribution in [1.29, 1.82) is 0 Å². The van der Waals surface area contributed by atoms with E-state index in [0.29, 0.717) is 0 Å². The summed E-state index contributed by atoms with van der Waals surface area (Å²) in [5, 5.41) is 1.10. The molecule has 1 aliphatic heterocycles. The Kier molecular flexibility index (Phi) is 6.29. The molecule has 0 bridgehead atoms. The molecular weight excluding hydrogens is 317 g/mol. The maximum atomic E-state index is 13.4. The number of thiophene rings is 1. The highest BCUT2D eigenvalue weighted by atomic mass is 32.1. The number of likely N-dealkylation sites (tertiary alicyclic amines) is 1. The lowest BCUT2D eigenvalue weighted by Crippen LogP contribution is -2.34. The summed E-state index contributed by atoms with van der Waals surface area (Å²) >= 11 is 1.84. The summed E-state index contributed by atoms with van der Waals surface area (Å²) in [5.41, 5.74) is 1.28. The molecule has 1 aliphatic rings. The molecule has 1 saturated heterocycles. The Balaban J connectivity index is 1.46. The Morgan fingerprint density at radius 2 is 2.00 bits per heavy atom. The molecule has 24 heavy (non-hydrogen) atoms. The van der Waals surface area contributed by atoms with E-state index in [-0.39, 0.29) is 5.82 Å².